The van der Waals surface area contributed by atoms with E-state index < -0.39 is 22.0 Å². The zero-order chi connectivity index (χ0) is 21.5. The van der Waals surface area contributed by atoms with Crippen LogP contribution < -0.4 is 0 Å². The number of nitrogens with one attached hydrogen (secondary N) is 1. The van der Waals surface area contributed by atoms with Crippen molar-refractivity contribution in [2.24, 2.45) is 0 Å². The number of hydrogen-bond donors (Lipinski definition) is 3. The number of carbonyl (C=O) groups is 2. The Bertz CT molecular complexity index is 907. The number of H-pyrrole nitrogens is 1. The highest BCUT2D eigenvalue weighted by molar-refractivity contribution is 7.89. The minimum atomic E-state index is -3.15. The van der Waals surface area contributed by atoms with Crippen LogP contribution in [-0.4, -0.2) is 85.2 Å². The molecule has 156 valence electrons. The van der Waals surface area contributed by atoms with Crippen LogP contribution in [-0.2, 0) is 32.5 Å². The van der Waals surface area contributed by atoms with Crippen LogP contribution in [0.4, 0.5) is 0 Å². The Hall–Kier alpha value is -2.43. The number of fused-ring (bicyclic) bond motifs is 1. The van der Waals surface area contributed by atoms with Crippen molar-refractivity contribution in [1.29, 1.82) is 0 Å². The van der Waals surface area contributed by atoms with E-state index in [-0.39, 0.29) is 5.75 Å². The molecule has 0 radical (unpaired) electrons. The molecule has 1 aromatic carbocycles. The normalized spacial score (nSPS) is 11.5. The van der Waals surface area contributed by atoms with Crippen LogP contribution >= 0.6 is 0 Å². The van der Waals surface area contributed by atoms with Crippen molar-refractivity contribution >= 4 is 32.9 Å². The second kappa shape index (κ2) is 10.2. The van der Waals surface area contributed by atoms with Crippen LogP contribution in [0.2, 0.25) is 0 Å². The highest BCUT2D eigenvalue weighted by Gasteiger charge is 2.14. The van der Waals surface area contributed by atoms with Crippen molar-refractivity contribution in [3.8, 4) is 0 Å². The zero-order valence-electron chi connectivity index (χ0n) is 16.5. The molecule has 0 atom stereocenters. The highest BCUT2D eigenvalue weighted by Crippen LogP contribution is 2.21. The maximum Gasteiger partial charge on any atom is 0.414 e. The van der Waals surface area contributed by atoms with Crippen molar-refractivity contribution in [3.05, 3.63) is 35.5 Å². The predicted octanol–water partition coefficient (Wildman–Crippen LogP) is 0.862. The van der Waals surface area contributed by atoms with Gasteiger partial charge in [0.05, 0.1) is 5.75 Å². The lowest BCUT2D eigenvalue weighted by molar-refractivity contribution is -0.159. The molecule has 2 aromatic rings. The van der Waals surface area contributed by atoms with Gasteiger partial charge in [-0.2, -0.15) is 0 Å². The van der Waals surface area contributed by atoms with Crippen molar-refractivity contribution in [2.45, 2.75) is 12.8 Å². The third kappa shape index (κ3) is 7.29. The summed E-state index contributed by atoms with van der Waals surface area (Å²) in [5.41, 5.74) is 3.44. The van der Waals surface area contributed by atoms with E-state index in [1.165, 1.54) is 15.3 Å². The lowest BCUT2D eigenvalue weighted by Crippen LogP contribution is -2.26. The zero-order valence-corrected chi connectivity index (χ0v) is 17.3. The summed E-state index contributed by atoms with van der Waals surface area (Å²) < 4.78 is 25.0. The Morgan fingerprint density at radius 3 is 2.14 bits per heavy atom. The van der Waals surface area contributed by atoms with E-state index in [0.717, 1.165) is 24.0 Å². The SMILES string of the molecule is CN(C)CCc1c[nH]c2ccc(CCS(=O)(=O)N(C)C)cc12.O=C(O)C(=O)O. The van der Waals surface area contributed by atoms with E-state index in [2.05, 4.69) is 36.2 Å². The number of likely N-dealkylation sites (N-methyl/N-ethyl adjacent to an activating group) is 1. The molecule has 1 aromatic heterocycles. The van der Waals surface area contributed by atoms with Crippen LogP contribution in [0, 0.1) is 0 Å². The van der Waals surface area contributed by atoms with Crippen LogP contribution in [0.15, 0.2) is 24.4 Å². The number of rotatable bonds is 7. The summed E-state index contributed by atoms with van der Waals surface area (Å²) in [4.78, 5) is 23.6. The van der Waals surface area contributed by atoms with Gasteiger partial charge >= 0.3 is 11.9 Å². The number of benzene rings is 1. The van der Waals surface area contributed by atoms with Crippen LogP contribution in [0.1, 0.15) is 11.1 Å². The minimum absolute atomic E-state index is 0.142. The molecule has 0 aliphatic rings. The van der Waals surface area contributed by atoms with Crippen molar-refractivity contribution in [2.75, 3.05) is 40.5 Å². The molecule has 0 aliphatic heterocycles. The second-order valence-corrected chi connectivity index (χ2v) is 9.01. The van der Waals surface area contributed by atoms with Crippen LogP contribution in [0.25, 0.3) is 10.9 Å². The summed E-state index contributed by atoms with van der Waals surface area (Å²) in [5.74, 6) is -3.51. The quantitative estimate of drug-likeness (QED) is 0.574. The number of carboxylic acids is 2. The van der Waals surface area contributed by atoms with Gasteiger partial charge in [-0.3, -0.25) is 0 Å². The highest BCUT2D eigenvalue weighted by atomic mass is 32.2. The molecule has 0 fully saturated rings. The number of sulfonamides is 1. The molecule has 3 N–H and O–H groups in total. The molecule has 10 heteroatoms. The molecule has 1 heterocycles. The summed E-state index contributed by atoms with van der Waals surface area (Å²) in [6, 6.07) is 6.15. The molecule has 0 amide bonds. The van der Waals surface area contributed by atoms with Gasteiger partial charge in [0.2, 0.25) is 10.0 Å². The summed E-state index contributed by atoms with van der Waals surface area (Å²) in [7, 11) is 4.12. The number of aliphatic carboxylic acids is 2. The van der Waals surface area contributed by atoms with E-state index in [0.29, 0.717) is 6.42 Å². The maximum absolute atomic E-state index is 11.9. The van der Waals surface area contributed by atoms with E-state index >= 15 is 0 Å². The monoisotopic (exact) mass is 413 g/mol. The number of aromatic nitrogens is 1. The van der Waals surface area contributed by atoms with E-state index in [1.54, 1.807) is 14.1 Å². The Morgan fingerprint density at radius 2 is 1.64 bits per heavy atom. The third-order valence-electron chi connectivity index (χ3n) is 4.05. The minimum Gasteiger partial charge on any atom is -0.473 e. The maximum atomic E-state index is 11.9. The Kier molecular flexibility index (Phi) is 8.61. The smallest absolute Gasteiger partial charge is 0.414 e. The first-order valence-corrected chi connectivity index (χ1v) is 10.1. The van der Waals surface area contributed by atoms with Gasteiger partial charge in [0, 0.05) is 37.7 Å². The molecular formula is C18H27N3O6S. The fourth-order valence-electron chi connectivity index (χ4n) is 2.36. The average molecular weight is 413 g/mol. The fourth-order valence-corrected chi connectivity index (χ4v) is 3.22. The predicted molar refractivity (Wildman–Crippen MR) is 107 cm³/mol. The topological polar surface area (TPSA) is 131 Å². The van der Waals surface area contributed by atoms with Gasteiger partial charge in [0.15, 0.2) is 0 Å². The molecule has 0 aliphatic carbocycles. The van der Waals surface area contributed by atoms with Gasteiger partial charge in [0.1, 0.15) is 0 Å². The number of aromatic amines is 1. The summed E-state index contributed by atoms with van der Waals surface area (Å²) in [6.45, 7) is 0.992. The summed E-state index contributed by atoms with van der Waals surface area (Å²) in [5, 5.41) is 16.0. The fraction of sp³-hybridized carbons (Fsp3) is 0.444. The largest absolute Gasteiger partial charge is 0.473 e. The van der Waals surface area contributed by atoms with Gasteiger partial charge in [-0.1, -0.05) is 6.07 Å². The number of aryl methyl sites for hydroxylation is 1. The molecule has 0 spiro atoms. The van der Waals surface area contributed by atoms with E-state index in [9.17, 15) is 8.42 Å². The molecule has 0 saturated carbocycles. The molecule has 0 saturated heterocycles. The Morgan fingerprint density at radius 1 is 1.04 bits per heavy atom. The molecule has 2 rings (SSSR count). The first-order valence-electron chi connectivity index (χ1n) is 8.54. The molecule has 0 unspecified atom stereocenters. The first-order chi connectivity index (χ1) is 12.9. The van der Waals surface area contributed by atoms with Gasteiger partial charge in [-0.15, -0.1) is 0 Å². The standard InChI is InChI=1S/C16H25N3O2S.C2H2O4/c1-18(2)9-7-14-12-17-16-6-5-13(11-15(14)16)8-10-22(20,21)19(3)4;3-1(4)2(5)6/h5-6,11-12,17H,7-10H2,1-4H3;(H,3,4)(H,5,6). The van der Waals surface area contributed by atoms with E-state index in [4.69, 9.17) is 19.8 Å². The number of hydrogen-bond acceptors (Lipinski definition) is 5. The molecule has 28 heavy (non-hydrogen) atoms. The van der Waals surface area contributed by atoms with Crippen LogP contribution in [0.5, 0.6) is 0 Å². The molecular weight excluding hydrogens is 386 g/mol. The third-order valence-corrected chi connectivity index (χ3v) is 5.88. The lowest BCUT2D eigenvalue weighted by atomic mass is 10.1. The summed E-state index contributed by atoms with van der Waals surface area (Å²) in [6.07, 6.45) is 3.57. The van der Waals surface area contributed by atoms with Crippen molar-refractivity contribution in [1.82, 2.24) is 14.2 Å². The van der Waals surface area contributed by atoms with Crippen LogP contribution in [0.3, 0.4) is 0 Å². The number of carboxylic acid groups (broad SMARTS) is 2. The van der Waals surface area contributed by atoms with Crippen molar-refractivity contribution < 1.29 is 28.2 Å². The average Bonchev–Trinajstić information content (AvgIpc) is 3.00. The van der Waals surface area contributed by atoms with Gasteiger partial charge < -0.3 is 20.1 Å². The Balaban J connectivity index is 0.000000568. The van der Waals surface area contributed by atoms with Crippen molar-refractivity contribution in [3.63, 3.8) is 0 Å². The molecule has 9 nitrogen and oxygen atoms in total. The first kappa shape index (κ1) is 23.6. The van der Waals surface area contributed by atoms with Gasteiger partial charge in [-0.05, 0) is 50.2 Å². The molecule has 0 bridgehead atoms. The number of nitrogens with zero attached hydrogens (tertiary/aromatic N) is 2. The van der Waals surface area contributed by atoms with Gasteiger partial charge in [-0.25, -0.2) is 22.3 Å². The summed E-state index contributed by atoms with van der Waals surface area (Å²) >= 11 is 0. The van der Waals surface area contributed by atoms with Gasteiger partial charge in [0.25, 0.3) is 0 Å². The Labute approximate surface area is 164 Å². The lowest BCUT2D eigenvalue weighted by Gasteiger charge is -2.11. The second-order valence-electron chi connectivity index (χ2n) is 6.71. The van der Waals surface area contributed by atoms with E-state index in [1.807, 2.05) is 12.1 Å².